The standard InChI is InChI=1S/C20H27N3O/c1-3-23(17-19-7-5-4-6-8-19)20(24)12-16-22(2)15-11-18-9-13-21-14-10-18/h4-10,13-14H,3,11-12,15-17H2,1-2H3. The lowest BCUT2D eigenvalue weighted by Crippen LogP contribution is -2.33. The smallest absolute Gasteiger partial charge is 0.224 e. The highest BCUT2D eigenvalue weighted by molar-refractivity contribution is 5.76. The van der Waals surface area contributed by atoms with Crippen molar-refractivity contribution in [2.24, 2.45) is 0 Å². The third-order valence-electron chi connectivity index (χ3n) is 4.19. The van der Waals surface area contributed by atoms with Crippen LogP contribution in [0.1, 0.15) is 24.5 Å². The van der Waals surface area contributed by atoms with Crippen molar-refractivity contribution in [3.63, 3.8) is 0 Å². The first-order chi connectivity index (χ1) is 11.7. The summed E-state index contributed by atoms with van der Waals surface area (Å²) in [6, 6.07) is 14.2. The minimum absolute atomic E-state index is 0.220. The fourth-order valence-corrected chi connectivity index (χ4v) is 2.61. The van der Waals surface area contributed by atoms with Crippen LogP contribution in [-0.2, 0) is 17.8 Å². The van der Waals surface area contributed by atoms with Gasteiger partial charge in [-0.15, -0.1) is 0 Å². The highest BCUT2D eigenvalue weighted by Crippen LogP contribution is 2.06. The monoisotopic (exact) mass is 325 g/mol. The van der Waals surface area contributed by atoms with E-state index in [1.165, 1.54) is 11.1 Å². The normalized spacial score (nSPS) is 10.8. The molecule has 4 nitrogen and oxygen atoms in total. The Morgan fingerprint density at radius 1 is 1.00 bits per heavy atom. The average Bonchev–Trinajstić information content (AvgIpc) is 2.64. The maximum atomic E-state index is 12.4. The van der Waals surface area contributed by atoms with Crippen LogP contribution >= 0.6 is 0 Å². The second kappa shape index (κ2) is 9.83. The molecule has 0 radical (unpaired) electrons. The van der Waals surface area contributed by atoms with Crippen LogP contribution in [0.4, 0.5) is 0 Å². The summed E-state index contributed by atoms with van der Waals surface area (Å²) in [7, 11) is 2.07. The Bertz CT molecular complexity index is 601. The van der Waals surface area contributed by atoms with Gasteiger partial charge < -0.3 is 9.80 Å². The maximum absolute atomic E-state index is 12.4. The zero-order valence-electron chi connectivity index (χ0n) is 14.7. The minimum atomic E-state index is 0.220. The first-order valence-corrected chi connectivity index (χ1v) is 8.58. The summed E-state index contributed by atoms with van der Waals surface area (Å²) in [4.78, 5) is 20.6. The molecule has 1 amide bonds. The third kappa shape index (κ3) is 6.13. The number of hydrogen-bond acceptors (Lipinski definition) is 3. The first-order valence-electron chi connectivity index (χ1n) is 8.58. The zero-order valence-corrected chi connectivity index (χ0v) is 14.7. The van der Waals surface area contributed by atoms with E-state index in [0.717, 1.165) is 26.1 Å². The summed E-state index contributed by atoms with van der Waals surface area (Å²) >= 11 is 0. The van der Waals surface area contributed by atoms with Gasteiger partial charge in [0.05, 0.1) is 0 Å². The number of likely N-dealkylation sites (N-methyl/N-ethyl adjacent to an activating group) is 1. The summed E-state index contributed by atoms with van der Waals surface area (Å²) < 4.78 is 0. The molecule has 1 heterocycles. The van der Waals surface area contributed by atoms with Gasteiger partial charge in [0.2, 0.25) is 5.91 Å². The SMILES string of the molecule is CCN(Cc1ccccc1)C(=O)CCN(C)CCc1ccncc1. The van der Waals surface area contributed by atoms with E-state index in [9.17, 15) is 4.79 Å². The number of benzene rings is 1. The van der Waals surface area contributed by atoms with Crippen molar-refractivity contribution in [3.05, 3.63) is 66.0 Å². The lowest BCUT2D eigenvalue weighted by atomic mass is 10.2. The molecule has 0 saturated heterocycles. The van der Waals surface area contributed by atoms with Crippen molar-refractivity contribution in [1.82, 2.24) is 14.8 Å². The zero-order chi connectivity index (χ0) is 17.2. The molecular formula is C20H27N3O. The molecule has 0 aliphatic carbocycles. The number of amides is 1. The van der Waals surface area contributed by atoms with Crippen molar-refractivity contribution >= 4 is 5.91 Å². The maximum Gasteiger partial charge on any atom is 0.224 e. The molecule has 0 spiro atoms. The number of rotatable bonds is 9. The lowest BCUT2D eigenvalue weighted by Gasteiger charge is -2.23. The van der Waals surface area contributed by atoms with Crippen molar-refractivity contribution in [2.75, 3.05) is 26.7 Å². The van der Waals surface area contributed by atoms with Gasteiger partial charge in [0.15, 0.2) is 0 Å². The molecule has 4 heteroatoms. The van der Waals surface area contributed by atoms with Crippen molar-refractivity contribution in [2.45, 2.75) is 26.3 Å². The largest absolute Gasteiger partial charge is 0.339 e. The van der Waals surface area contributed by atoms with Crippen LogP contribution in [-0.4, -0.2) is 47.4 Å². The molecule has 0 fully saturated rings. The Morgan fingerprint density at radius 2 is 1.71 bits per heavy atom. The fraction of sp³-hybridized carbons (Fsp3) is 0.400. The van der Waals surface area contributed by atoms with E-state index < -0.39 is 0 Å². The Balaban J connectivity index is 1.74. The van der Waals surface area contributed by atoms with Crippen molar-refractivity contribution < 1.29 is 4.79 Å². The van der Waals surface area contributed by atoms with Crippen LogP contribution in [0.25, 0.3) is 0 Å². The minimum Gasteiger partial charge on any atom is -0.339 e. The number of nitrogens with zero attached hydrogens (tertiary/aromatic N) is 3. The number of pyridine rings is 1. The first kappa shape index (κ1) is 18.1. The van der Waals surface area contributed by atoms with E-state index >= 15 is 0 Å². The van der Waals surface area contributed by atoms with Crippen LogP contribution in [0.3, 0.4) is 0 Å². The molecule has 0 aliphatic rings. The number of carbonyl (C=O) groups excluding carboxylic acids is 1. The molecule has 128 valence electrons. The van der Waals surface area contributed by atoms with Crippen LogP contribution in [0.15, 0.2) is 54.9 Å². The van der Waals surface area contributed by atoms with E-state index in [4.69, 9.17) is 0 Å². The van der Waals surface area contributed by atoms with Crippen LogP contribution in [0.5, 0.6) is 0 Å². The number of aromatic nitrogens is 1. The van der Waals surface area contributed by atoms with Gasteiger partial charge in [0.1, 0.15) is 0 Å². The summed E-state index contributed by atoms with van der Waals surface area (Å²) in [5.74, 6) is 0.220. The quantitative estimate of drug-likeness (QED) is 0.711. The molecule has 1 aromatic carbocycles. The van der Waals surface area contributed by atoms with Gasteiger partial charge in [-0.1, -0.05) is 30.3 Å². The molecule has 2 aromatic rings. The second-order valence-corrected chi connectivity index (χ2v) is 6.05. The van der Waals surface area contributed by atoms with E-state index in [0.29, 0.717) is 13.0 Å². The molecule has 0 atom stereocenters. The van der Waals surface area contributed by atoms with E-state index in [1.54, 1.807) is 0 Å². The average molecular weight is 325 g/mol. The van der Waals surface area contributed by atoms with E-state index in [2.05, 4.69) is 29.1 Å². The van der Waals surface area contributed by atoms with Gasteiger partial charge in [-0.05, 0) is 43.7 Å². The van der Waals surface area contributed by atoms with Crippen LogP contribution in [0.2, 0.25) is 0 Å². The van der Waals surface area contributed by atoms with Gasteiger partial charge in [0.25, 0.3) is 0 Å². The Kier molecular flexibility index (Phi) is 7.43. The molecule has 1 aromatic heterocycles. The molecule has 0 aliphatic heterocycles. The van der Waals surface area contributed by atoms with E-state index in [-0.39, 0.29) is 5.91 Å². The van der Waals surface area contributed by atoms with Crippen LogP contribution in [0, 0.1) is 0 Å². The summed E-state index contributed by atoms with van der Waals surface area (Å²) in [5, 5.41) is 0. The van der Waals surface area contributed by atoms with Gasteiger partial charge in [-0.25, -0.2) is 0 Å². The fourth-order valence-electron chi connectivity index (χ4n) is 2.61. The summed E-state index contributed by atoms with van der Waals surface area (Å²) in [6.45, 7) is 5.21. The van der Waals surface area contributed by atoms with Gasteiger partial charge in [-0.2, -0.15) is 0 Å². The van der Waals surface area contributed by atoms with Gasteiger partial charge in [0, 0.05) is 45.0 Å². The molecular weight excluding hydrogens is 298 g/mol. The molecule has 0 unspecified atom stereocenters. The summed E-state index contributed by atoms with van der Waals surface area (Å²) in [6.07, 6.45) is 5.19. The molecule has 0 N–H and O–H groups in total. The Hall–Kier alpha value is -2.20. The molecule has 0 saturated carbocycles. The summed E-state index contributed by atoms with van der Waals surface area (Å²) in [5.41, 5.74) is 2.46. The second-order valence-electron chi connectivity index (χ2n) is 6.05. The predicted octanol–water partition coefficient (Wildman–Crippen LogP) is 2.99. The number of carbonyl (C=O) groups is 1. The Labute approximate surface area is 145 Å². The van der Waals surface area contributed by atoms with Crippen molar-refractivity contribution in [1.29, 1.82) is 0 Å². The molecule has 2 rings (SSSR count). The highest BCUT2D eigenvalue weighted by atomic mass is 16.2. The van der Waals surface area contributed by atoms with E-state index in [1.807, 2.05) is 54.5 Å². The van der Waals surface area contributed by atoms with Crippen molar-refractivity contribution in [3.8, 4) is 0 Å². The lowest BCUT2D eigenvalue weighted by molar-refractivity contribution is -0.131. The molecule has 24 heavy (non-hydrogen) atoms. The topological polar surface area (TPSA) is 36.4 Å². The van der Waals surface area contributed by atoms with Crippen LogP contribution < -0.4 is 0 Å². The highest BCUT2D eigenvalue weighted by Gasteiger charge is 2.13. The molecule has 0 bridgehead atoms. The third-order valence-corrected chi connectivity index (χ3v) is 4.19. The Morgan fingerprint density at radius 3 is 2.38 bits per heavy atom. The predicted molar refractivity (Wildman–Crippen MR) is 97.6 cm³/mol. The van der Waals surface area contributed by atoms with Gasteiger partial charge in [-0.3, -0.25) is 9.78 Å². The number of hydrogen-bond donors (Lipinski definition) is 0. The van der Waals surface area contributed by atoms with Gasteiger partial charge >= 0.3 is 0 Å².